The standard InChI is InChI=1S/C14H17N5O10/c20-10(21)5-15-1-3-17(7-12(24)25)19(9-14(28)29)18(8-13(26)27)4-2-16-6-11(22)23/h5-8H,1-4,9H2,(H3-2,20,21,22,23,24,25,26,27,28,29). The van der Waals surface area contributed by atoms with Crippen molar-refractivity contribution in [1.82, 2.24) is 5.12 Å². The SMILES string of the molecule is O=C([O-])C=[N+](CCN=CC(=O)O)N(CC(=O)O)[N+](=CC(=O)[O-])CCN=CC(=O)O. The Bertz CT molecular complexity index is 715. The molecule has 0 saturated carbocycles. The van der Waals surface area contributed by atoms with Crippen molar-refractivity contribution in [2.75, 3.05) is 32.7 Å². The molecule has 0 aromatic carbocycles. The molecule has 0 aromatic heterocycles. The molecule has 0 atom stereocenters. The van der Waals surface area contributed by atoms with Gasteiger partial charge < -0.3 is 35.1 Å². The number of carboxylic acid groups (broad SMARTS) is 5. The molecular weight excluding hydrogens is 398 g/mol. The molecule has 0 fully saturated rings. The highest BCUT2D eigenvalue weighted by molar-refractivity contribution is 6.22. The van der Waals surface area contributed by atoms with E-state index in [-0.39, 0.29) is 26.2 Å². The lowest BCUT2D eigenvalue weighted by Crippen LogP contribution is -2.51. The Morgan fingerprint density at radius 3 is 1.45 bits per heavy atom. The summed E-state index contributed by atoms with van der Waals surface area (Å²) in [7, 11) is 0. The van der Waals surface area contributed by atoms with E-state index in [0.29, 0.717) is 30.0 Å². The summed E-state index contributed by atoms with van der Waals surface area (Å²) >= 11 is 0. The Labute approximate surface area is 162 Å². The van der Waals surface area contributed by atoms with Crippen LogP contribution in [0.4, 0.5) is 0 Å². The van der Waals surface area contributed by atoms with Crippen LogP contribution in [-0.2, 0) is 24.0 Å². The summed E-state index contributed by atoms with van der Waals surface area (Å²) in [6, 6.07) is 0. The smallest absolute Gasteiger partial charge is 0.346 e. The minimum atomic E-state index is -1.76. The summed E-state index contributed by atoms with van der Waals surface area (Å²) in [5.74, 6) is -7.75. The lowest BCUT2D eigenvalue weighted by atomic mass is 10.5. The fourth-order valence-electron chi connectivity index (χ4n) is 1.79. The van der Waals surface area contributed by atoms with Gasteiger partial charge in [-0.3, -0.25) is 9.98 Å². The highest BCUT2D eigenvalue weighted by Crippen LogP contribution is 1.95. The van der Waals surface area contributed by atoms with Crippen molar-refractivity contribution in [2.24, 2.45) is 9.98 Å². The predicted molar refractivity (Wildman–Crippen MR) is 88.7 cm³/mol. The van der Waals surface area contributed by atoms with Crippen molar-refractivity contribution in [3.8, 4) is 0 Å². The molecule has 0 radical (unpaired) electrons. The minimum absolute atomic E-state index is 0.303. The van der Waals surface area contributed by atoms with Gasteiger partial charge in [-0.15, -0.1) is 0 Å². The van der Waals surface area contributed by atoms with E-state index in [1.807, 2.05) is 0 Å². The fourth-order valence-corrected chi connectivity index (χ4v) is 1.79. The molecule has 0 bridgehead atoms. The van der Waals surface area contributed by atoms with Gasteiger partial charge in [0.05, 0.1) is 5.12 Å². The Balaban J connectivity index is 5.87. The molecule has 0 rings (SSSR count). The van der Waals surface area contributed by atoms with Crippen LogP contribution < -0.4 is 10.2 Å². The summed E-state index contributed by atoms with van der Waals surface area (Å²) in [4.78, 5) is 60.9. The van der Waals surface area contributed by atoms with E-state index in [4.69, 9.17) is 15.3 Å². The first-order chi connectivity index (χ1) is 13.5. The average molecular weight is 415 g/mol. The number of hydrazine groups is 2. The maximum absolute atomic E-state index is 11.2. The zero-order chi connectivity index (χ0) is 22.4. The average Bonchev–Trinajstić information content (AvgIpc) is 2.57. The van der Waals surface area contributed by atoms with Crippen LogP contribution >= 0.6 is 0 Å². The van der Waals surface area contributed by atoms with E-state index in [0.717, 1.165) is 9.37 Å². The molecule has 0 saturated heterocycles. The van der Waals surface area contributed by atoms with E-state index < -0.39 is 36.4 Å². The zero-order valence-electron chi connectivity index (χ0n) is 14.8. The molecule has 0 aliphatic heterocycles. The molecule has 15 nitrogen and oxygen atoms in total. The van der Waals surface area contributed by atoms with E-state index in [1.54, 1.807) is 0 Å². The summed E-state index contributed by atoms with van der Waals surface area (Å²) in [5, 5.41) is 48.7. The van der Waals surface area contributed by atoms with E-state index >= 15 is 0 Å². The lowest BCUT2D eigenvalue weighted by Gasteiger charge is -2.15. The second-order valence-electron chi connectivity index (χ2n) is 4.89. The Morgan fingerprint density at radius 2 is 1.17 bits per heavy atom. The third-order valence-electron chi connectivity index (χ3n) is 2.70. The minimum Gasteiger partial charge on any atom is -0.540 e. The molecule has 158 valence electrons. The van der Waals surface area contributed by atoms with Gasteiger partial charge in [-0.1, -0.05) is 9.37 Å². The third kappa shape index (κ3) is 12.8. The van der Waals surface area contributed by atoms with Gasteiger partial charge in [0, 0.05) is 0 Å². The zero-order valence-corrected chi connectivity index (χ0v) is 14.8. The summed E-state index contributed by atoms with van der Waals surface area (Å²) in [5.41, 5.74) is 0. The van der Waals surface area contributed by atoms with Crippen molar-refractivity contribution in [3.63, 3.8) is 0 Å². The van der Waals surface area contributed by atoms with Crippen molar-refractivity contribution < 1.29 is 58.9 Å². The van der Waals surface area contributed by atoms with E-state index in [1.165, 1.54) is 0 Å². The second-order valence-corrected chi connectivity index (χ2v) is 4.89. The predicted octanol–water partition coefficient (Wildman–Crippen LogP) is -5.82. The number of hydrogen-bond acceptors (Lipinski definition) is 10. The van der Waals surface area contributed by atoms with Gasteiger partial charge >= 0.3 is 17.9 Å². The Hall–Kier alpha value is -4.17. The van der Waals surface area contributed by atoms with Gasteiger partial charge in [0.25, 0.3) is 0 Å². The summed E-state index contributed by atoms with van der Waals surface area (Å²) in [6.45, 7) is -2.29. The van der Waals surface area contributed by atoms with Crippen molar-refractivity contribution in [2.45, 2.75) is 0 Å². The molecule has 15 heteroatoms. The molecule has 0 aliphatic carbocycles. The quantitative estimate of drug-likeness (QED) is 0.137. The highest BCUT2D eigenvalue weighted by Gasteiger charge is 2.30. The number of nitrogens with zero attached hydrogens (tertiary/aromatic N) is 5. The van der Waals surface area contributed by atoms with Crippen molar-refractivity contribution >= 4 is 54.7 Å². The Morgan fingerprint density at radius 1 is 0.793 bits per heavy atom. The molecule has 0 aromatic rings. The molecule has 0 unspecified atom stereocenters. The molecule has 0 spiro atoms. The van der Waals surface area contributed by atoms with Gasteiger partial charge in [0.15, 0.2) is 13.1 Å². The first-order valence-electron chi connectivity index (χ1n) is 7.62. The number of aliphatic imine (C=N–C) groups is 2. The maximum atomic E-state index is 11.2. The third-order valence-corrected chi connectivity index (χ3v) is 2.70. The summed E-state index contributed by atoms with van der Waals surface area (Å²) in [6.07, 6.45) is 1.89. The van der Waals surface area contributed by atoms with Crippen LogP contribution in [0.15, 0.2) is 9.98 Å². The van der Waals surface area contributed by atoms with Gasteiger partial charge in [0.1, 0.15) is 37.5 Å². The number of hydrogen-bond donors (Lipinski definition) is 3. The molecule has 3 N–H and O–H groups in total. The van der Waals surface area contributed by atoms with E-state index in [9.17, 15) is 34.2 Å². The van der Waals surface area contributed by atoms with Gasteiger partial charge in [-0.05, 0) is 0 Å². The molecular formula is C14H17N5O10. The lowest BCUT2D eigenvalue weighted by molar-refractivity contribution is -0.928. The number of rotatable bonds is 14. The van der Waals surface area contributed by atoms with Crippen LogP contribution in [0, 0.1) is 0 Å². The topological polar surface area (TPSA) is 226 Å². The van der Waals surface area contributed by atoms with Crippen molar-refractivity contribution in [3.05, 3.63) is 0 Å². The second kappa shape index (κ2) is 13.1. The van der Waals surface area contributed by atoms with E-state index in [2.05, 4.69) is 9.98 Å². The largest absolute Gasteiger partial charge is 0.540 e. The summed E-state index contributed by atoms with van der Waals surface area (Å²) < 4.78 is 1.45. The Kier molecular flexibility index (Phi) is 11.2. The first-order valence-corrected chi connectivity index (χ1v) is 7.62. The molecule has 0 amide bonds. The number of carbonyl (C=O) groups excluding carboxylic acids is 2. The normalized spacial score (nSPS) is 12.3. The van der Waals surface area contributed by atoms with Crippen LogP contribution in [-0.4, -0.2) is 117 Å². The van der Waals surface area contributed by atoms with Crippen LogP contribution in [0.1, 0.15) is 0 Å². The van der Waals surface area contributed by atoms with Crippen LogP contribution in [0.5, 0.6) is 0 Å². The molecule has 0 heterocycles. The first kappa shape index (κ1) is 24.8. The monoisotopic (exact) mass is 415 g/mol. The molecule has 0 aliphatic rings. The van der Waals surface area contributed by atoms with Crippen LogP contribution in [0.25, 0.3) is 0 Å². The number of carboxylic acids is 5. The number of carbonyl (C=O) groups is 5. The van der Waals surface area contributed by atoms with Crippen LogP contribution in [0.3, 0.4) is 0 Å². The number of hydrazone groups is 2. The highest BCUT2D eigenvalue weighted by atomic mass is 16.4. The molecule has 29 heavy (non-hydrogen) atoms. The van der Waals surface area contributed by atoms with Gasteiger partial charge in [-0.2, -0.15) is 0 Å². The number of aliphatic carboxylic acids is 5. The maximum Gasteiger partial charge on any atom is 0.346 e. The van der Waals surface area contributed by atoms with Crippen LogP contribution in [0.2, 0.25) is 0 Å². The van der Waals surface area contributed by atoms with Crippen molar-refractivity contribution in [1.29, 1.82) is 0 Å². The van der Waals surface area contributed by atoms with Gasteiger partial charge in [-0.25, -0.2) is 14.4 Å². The fraction of sp³-hybridized carbons (Fsp3) is 0.357. The van der Waals surface area contributed by atoms with Gasteiger partial charge in [0.2, 0.25) is 19.0 Å².